The molecule has 0 aromatic carbocycles. The zero-order chi connectivity index (χ0) is 12.7. The number of nitrogens with one attached hydrogen (secondary N) is 2. The van der Waals surface area contributed by atoms with E-state index in [1.54, 1.807) is 0 Å². The maximum Gasteiger partial charge on any atom is 0.240 e. The summed E-state index contributed by atoms with van der Waals surface area (Å²) in [5.74, 6) is 0.0882. The van der Waals surface area contributed by atoms with Gasteiger partial charge in [-0.2, -0.15) is 0 Å². The van der Waals surface area contributed by atoms with Crippen LogP contribution in [0.25, 0.3) is 0 Å². The molecule has 0 bridgehead atoms. The molecule has 2 N–H and O–H groups in total. The van der Waals surface area contributed by atoms with Crippen LogP contribution >= 0.6 is 0 Å². The van der Waals surface area contributed by atoms with Crippen molar-refractivity contribution in [1.29, 1.82) is 0 Å². The molecule has 0 atom stereocenters. The summed E-state index contributed by atoms with van der Waals surface area (Å²) in [6.45, 7) is 5.42. The van der Waals surface area contributed by atoms with Gasteiger partial charge in [-0.25, -0.2) is 0 Å². The van der Waals surface area contributed by atoms with Crippen LogP contribution in [0.5, 0.6) is 0 Å². The van der Waals surface area contributed by atoms with Gasteiger partial charge in [0.05, 0.1) is 0 Å². The van der Waals surface area contributed by atoms with Crippen molar-refractivity contribution >= 4 is 5.91 Å². The molecule has 0 fully saturated rings. The van der Waals surface area contributed by atoms with E-state index in [0.29, 0.717) is 12.6 Å². The number of hydrogen-bond acceptors (Lipinski definition) is 2. The van der Waals surface area contributed by atoms with Crippen molar-refractivity contribution in [2.24, 2.45) is 0 Å². The third-order valence-electron chi connectivity index (χ3n) is 2.87. The first kappa shape index (κ1) is 13.8. The van der Waals surface area contributed by atoms with Crippen LogP contribution in [0, 0.1) is 0 Å². The summed E-state index contributed by atoms with van der Waals surface area (Å²) in [4.78, 5) is 11.8. The Morgan fingerprint density at radius 3 is 2.71 bits per heavy atom. The number of aromatic nitrogens is 1. The summed E-state index contributed by atoms with van der Waals surface area (Å²) >= 11 is 0. The monoisotopic (exact) mass is 237 g/mol. The normalized spacial score (nSPS) is 10.8. The van der Waals surface area contributed by atoms with Crippen molar-refractivity contribution in [2.45, 2.75) is 45.8 Å². The van der Waals surface area contributed by atoms with E-state index in [9.17, 15) is 4.79 Å². The van der Waals surface area contributed by atoms with Crippen molar-refractivity contribution in [2.75, 3.05) is 7.05 Å². The molecular weight excluding hydrogens is 214 g/mol. The predicted octanol–water partition coefficient (Wildman–Crippen LogP) is 1.51. The Hall–Kier alpha value is -1.29. The van der Waals surface area contributed by atoms with Crippen molar-refractivity contribution in [3.8, 4) is 0 Å². The van der Waals surface area contributed by atoms with Gasteiger partial charge in [-0.15, -0.1) is 0 Å². The van der Waals surface area contributed by atoms with Gasteiger partial charge >= 0.3 is 0 Å². The molecule has 1 aromatic rings. The summed E-state index contributed by atoms with van der Waals surface area (Å²) in [6, 6.07) is 2.33. The summed E-state index contributed by atoms with van der Waals surface area (Å²) < 4.78 is 1.92. The second-order valence-electron chi connectivity index (χ2n) is 4.30. The zero-order valence-corrected chi connectivity index (χ0v) is 11.0. The van der Waals surface area contributed by atoms with E-state index in [4.69, 9.17) is 0 Å². The molecule has 1 amide bonds. The molecule has 0 saturated heterocycles. The van der Waals surface area contributed by atoms with Gasteiger partial charge in [0.25, 0.3) is 0 Å². The Kier molecular flexibility index (Phi) is 5.77. The topological polar surface area (TPSA) is 46.1 Å². The van der Waals surface area contributed by atoms with Gasteiger partial charge in [0, 0.05) is 25.0 Å². The lowest BCUT2D eigenvalue weighted by atomic mass is 10.2. The standard InChI is InChI=1S/C13H23N3O/c1-4-12(5-2)15-13(17)10-16-7-6-11(9-16)8-14-3/h6-7,9,12,14H,4-5,8,10H2,1-3H3,(H,15,17). The number of carbonyl (C=O) groups is 1. The minimum Gasteiger partial charge on any atom is -0.352 e. The Bertz CT molecular complexity index is 342. The second-order valence-corrected chi connectivity index (χ2v) is 4.30. The van der Waals surface area contributed by atoms with E-state index >= 15 is 0 Å². The van der Waals surface area contributed by atoms with E-state index in [0.717, 1.165) is 19.4 Å². The quantitative estimate of drug-likeness (QED) is 0.755. The van der Waals surface area contributed by atoms with Crippen molar-refractivity contribution in [1.82, 2.24) is 15.2 Å². The molecule has 17 heavy (non-hydrogen) atoms. The summed E-state index contributed by atoms with van der Waals surface area (Å²) in [7, 11) is 1.91. The molecule has 1 heterocycles. The van der Waals surface area contributed by atoms with E-state index in [-0.39, 0.29) is 5.91 Å². The highest BCUT2D eigenvalue weighted by atomic mass is 16.2. The molecule has 0 radical (unpaired) electrons. The third kappa shape index (κ3) is 4.61. The highest BCUT2D eigenvalue weighted by molar-refractivity contribution is 5.76. The first-order chi connectivity index (χ1) is 8.19. The Balaban J connectivity index is 2.44. The Morgan fingerprint density at radius 1 is 1.41 bits per heavy atom. The molecular formula is C13H23N3O. The second kappa shape index (κ2) is 7.12. The molecule has 0 aliphatic heterocycles. The van der Waals surface area contributed by atoms with E-state index in [1.807, 2.05) is 30.1 Å². The molecule has 1 aromatic heterocycles. The highest BCUT2D eigenvalue weighted by Gasteiger charge is 2.08. The molecule has 1 rings (SSSR count). The number of amides is 1. The van der Waals surface area contributed by atoms with Gasteiger partial charge in [0.2, 0.25) is 5.91 Å². The molecule has 0 aliphatic rings. The first-order valence-corrected chi connectivity index (χ1v) is 6.28. The minimum atomic E-state index is 0.0882. The average molecular weight is 237 g/mol. The highest BCUT2D eigenvalue weighted by Crippen LogP contribution is 2.01. The van der Waals surface area contributed by atoms with Gasteiger partial charge in [-0.05, 0) is 31.5 Å². The molecule has 0 saturated carbocycles. The lowest BCUT2D eigenvalue weighted by molar-refractivity contribution is -0.122. The van der Waals surface area contributed by atoms with Crippen LogP contribution in [0.1, 0.15) is 32.3 Å². The van der Waals surface area contributed by atoms with Crippen molar-refractivity contribution in [3.63, 3.8) is 0 Å². The first-order valence-electron chi connectivity index (χ1n) is 6.28. The maximum absolute atomic E-state index is 11.8. The molecule has 0 aliphatic carbocycles. The van der Waals surface area contributed by atoms with Crippen molar-refractivity contribution in [3.05, 3.63) is 24.0 Å². The van der Waals surface area contributed by atoms with Crippen LogP contribution in [-0.2, 0) is 17.9 Å². The van der Waals surface area contributed by atoms with Gasteiger partial charge < -0.3 is 15.2 Å². The van der Waals surface area contributed by atoms with Gasteiger partial charge in [-0.1, -0.05) is 13.8 Å². The van der Waals surface area contributed by atoms with Gasteiger partial charge in [-0.3, -0.25) is 4.79 Å². The number of carbonyl (C=O) groups excluding carboxylic acids is 1. The van der Waals surface area contributed by atoms with Crippen LogP contribution in [0.15, 0.2) is 18.5 Å². The number of hydrogen-bond donors (Lipinski definition) is 2. The van der Waals surface area contributed by atoms with Crippen LogP contribution in [0.4, 0.5) is 0 Å². The summed E-state index contributed by atoms with van der Waals surface area (Å²) in [6.07, 6.45) is 5.92. The van der Waals surface area contributed by atoms with Crippen LogP contribution in [0.2, 0.25) is 0 Å². The van der Waals surface area contributed by atoms with Gasteiger partial charge in [0.1, 0.15) is 6.54 Å². The molecule has 0 unspecified atom stereocenters. The fourth-order valence-corrected chi connectivity index (χ4v) is 1.83. The molecule has 4 nitrogen and oxygen atoms in total. The van der Waals surface area contributed by atoms with Crippen LogP contribution in [0.3, 0.4) is 0 Å². The molecule has 4 heteroatoms. The Labute approximate surface area is 103 Å². The van der Waals surface area contributed by atoms with Gasteiger partial charge in [0.15, 0.2) is 0 Å². The van der Waals surface area contributed by atoms with E-state index < -0.39 is 0 Å². The summed E-state index contributed by atoms with van der Waals surface area (Å²) in [5.41, 5.74) is 1.20. The predicted molar refractivity (Wildman–Crippen MR) is 69.7 cm³/mol. The SMILES string of the molecule is CCC(CC)NC(=O)Cn1ccc(CNC)c1. The largest absolute Gasteiger partial charge is 0.352 e. The average Bonchev–Trinajstić information content (AvgIpc) is 2.74. The van der Waals surface area contributed by atoms with Crippen LogP contribution < -0.4 is 10.6 Å². The smallest absolute Gasteiger partial charge is 0.240 e. The minimum absolute atomic E-state index is 0.0882. The zero-order valence-electron chi connectivity index (χ0n) is 11.0. The van der Waals surface area contributed by atoms with Crippen molar-refractivity contribution < 1.29 is 4.79 Å². The third-order valence-corrected chi connectivity index (χ3v) is 2.87. The Morgan fingerprint density at radius 2 is 2.12 bits per heavy atom. The van der Waals surface area contributed by atoms with E-state index in [1.165, 1.54) is 5.56 Å². The lowest BCUT2D eigenvalue weighted by Gasteiger charge is -2.14. The molecule has 0 spiro atoms. The number of rotatable bonds is 7. The number of nitrogens with zero attached hydrogens (tertiary/aromatic N) is 1. The summed E-state index contributed by atoms with van der Waals surface area (Å²) in [5, 5.41) is 6.12. The maximum atomic E-state index is 11.8. The van der Waals surface area contributed by atoms with Crippen LogP contribution in [-0.4, -0.2) is 23.6 Å². The fraction of sp³-hybridized carbons (Fsp3) is 0.615. The van der Waals surface area contributed by atoms with E-state index in [2.05, 4.69) is 24.5 Å². The fourth-order valence-electron chi connectivity index (χ4n) is 1.83. The lowest BCUT2D eigenvalue weighted by Crippen LogP contribution is -2.35. The molecule has 96 valence electrons.